The highest BCUT2D eigenvalue weighted by molar-refractivity contribution is 4.69. The second-order valence-electron chi connectivity index (χ2n) is 2.98. The van der Waals surface area contributed by atoms with Gasteiger partial charge in [0.05, 0.1) is 6.54 Å². The fourth-order valence-corrected chi connectivity index (χ4v) is 0.928. The van der Waals surface area contributed by atoms with Gasteiger partial charge >= 0.3 is 0 Å². The second kappa shape index (κ2) is 3.86. The summed E-state index contributed by atoms with van der Waals surface area (Å²) >= 11 is 0. The molecule has 1 nitrogen and oxygen atoms in total. The van der Waals surface area contributed by atoms with Gasteiger partial charge in [-0.15, -0.1) is 0 Å². The van der Waals surface area contributed by atoms with Crippen molar-refractivity contribution >= 4 is 0 Å². The Labute approximate surface area is 60.8 Å². The highest BCUT2D eigenvalue weighted by Crippen LogP contribution is 2.21. The largest absolute Gasteiger partial charge is 0.314 e. The molecule has 0 amide bonds. The highest BCUT2D eigenvalue weighted by atomic mass is 19.3. The summed E-state index contributed by atoms with van der Waals surface area (Å²) in [6, 6.07) is 0. The zero-order valence-corrected chi connectivity index (χ0v) is 6.75. The molecule has 0 aliphatic carbocycles. The van der Waals surface area contributed by atoms with Gasteiger partial charge in [0.25, 0.3) is 5.92 Å². The van der Waals surface area contributed by atoms with E-state index in [1.54, 1.807) is 13.8 Å². The fraction of sp³-hybridized carbons (Fsp3) is 1.00. The van der Waals surface area contributed by atoms with Crippen molar-refractivity contribution in [2.45, 2.75) is 26.2 Å². The Morgan fingerprint density at radius 3 is 2.20 bits per heavy atom. The third kappa shape index (κ3) is 4.68. The van der Waals surface area contributed by atoms with E-state index < -0.39 is 5.92 Å². The quantitative estimate of drug-likeness (QED) is 0.647. The van der Waals surface area contributed by atoms with E-state index in [2.05, 4.69) is 5.32 Å². The van der Waals surface area contributed by atoms with Gasteiger partial charge in [-0.2, -0.15) is 0 Å². The van der Waals surface area contributed by atoms with Crippen molar-refractivity contribution in [2.75, 3.05) is 13.6 Å². The Hall–Kier alpha value is -0.180. The Morgan fingerprint density at radius 1 is 1.40 bits per heavy atom. The highest BCUT2D eigenvalue weighted by Gasteiger charge is 2.28. The molecule has 10 heavy (non-hydrogen) atoms. The van der Waals surface area contributed by atoms with Crippen LogP contribution in [0.25, 0.3) is 0 Å². The lowest BCUT2D eigenvalue weighted by Crippen LogP contribution is -2.31. The average Bonchev–Trinajstić information content (AvgIpc) is 1.59. The maximum Gasteiger partial charge on any atom is 0.260 e. The lowest BCUT2D eigenvalue weighted by atomic mass is 10.1. The first-order chi connectivity index (χ1) is 4.48. The number of alkyl halides is 2. The van der Waals surface area contributed by atoms with Gasteiger partial charge < -0.3 is 5.32 Å². The molecule has 0 spiro atoms. The fourth-order valence-electron chi connectivity index (χ4n) is 0.928. The van der Waals surface area contributed by atoms with Crippen LogP contribution in [0.2, 0.25) is 0 Å². The molecule has 0 atom stereocenters. The number of hydrogen-bond acceptors (Lipinski definition) is 1. The van der Waals surface area contributed by atoms with E-state index in [4.69, 9.17) is 0 Å². The lowest BCUT2D eigenvalue weighted by molar-refractivity contribution is -0.0158. The third-order valence-electron chi connectivity index (χ3n) is 1.14. The first-order valence-electron chi connectivity index (χ1n) is 3.50. The molecule has 0 bridgehead atoms. The van der Waals surface area contributed by atoms with Crippen LogP contribution >= 0.6 is 0 Å². The van der Waals surface area contributed by atoms with Crippen LogP contribution in [-0.2, 0) is 0 Å². The normalized spacial score (nSPS) is 12.6. The monoisotopic (exact) mass is 151 g/mol. The topological polar surface area (TPSA) is 12.0 Å². The molecular weight excluding hydrogens is 136 g/mol. The predicted molar refractivity (Wildman–Crippen MR) is 38.3 cm³/mol. The van der Waals surface area contributed by atoms with E-state index in [1.807, 2.05) is 0 Å². The third-order valence-corrected chi connectivity index (χ3v) is 1.14. The molecule has 0 rings (SSSR count). The second-order valence-corrected chi connectivity index (χ2v) is 2.98. The molecule has 0 aliphatic rings. The van der Waals surface area contributed by atoms with Gasteiger partial charge in [-0.1, -0.05) is 13.8 Å². The van der Waals surface area contributed by atoms with Gasteiger partial charge in [0.15, 0.2) is 0 Å². The van der Waals surface area contributed by atoms with Crippen molar-refractivity contribution in [2.24, 2.45) is 5.92 Å². The standard InChI is InChI=1S/C7H15F2N/c1-6(2)4-7(8,9)5-10-3/h6,10H,4-5H2,1-3H3. The Bertz CT molecular complexity index is 91.6. The number of halogens is 2. The van der Waals surface area contributed by atoms with Crippen molar-refractivity contribution in [3.05, 3.63) is 0 Å². The van der Waals surface area contributed by atoms with E-state index in [-0.39, 0.29) is 18.9 Å². The zero-order chi connectivity index (χ0) is 8.20. The van der Waals surface area contributed by atoms with Crippen LogP contribution in [0.15, 0.2) is 0 Å². The minimum atomic E-state index is -2.54. The van der Waals surface area contributed by atoms with Crippen LogP contribution in [0.4, 0.5) is 8.78 Å². The summed E-state index contributed by atoms with van der Waals surface area (Å²) in [4.78, 5) is 0. The molecule has 0 aliphatic heterocycles. The summed E-state index contributed by atoms with van der Waals surface area (Å²) in [7, 11) is 1.54. The van der Waals surface area contributed by atoms with Crippen LogP contribution in [0.1, 0.15) is 20.3 Å². The van der Waals surface area contributed by atoms with Crippen molar-refractivity contribution in [1.82, 2.24) is 5.32 Å². The summed E-state index contributed by atoms with van der Waals surface area (Å²) in [5.41, 5.74) is 0. The minimum Gasteiger partial charge on any atom is -0.314 e. The summed E-state index contributed by atoms with van der Waals surface area (Å²) in [6.45, 7) is 3.37. The molecule has 0 heterocycles. The Kier molecular flexibility index (Phi) is 3.79. The molecule has 0 unspecified atom stereocenters. The van der Waals surface area contributed by atoms with Crippen LogP contribution < -0.4 is 5.32 Å². The van der Waals surface area contributed by atoms with Crippen molar-refractivity contribution in [1.29, 1.82) is 0 Å². The maximum atomic E-state index is 12.6. The van der Waals surface area contributed by atoms with Gasteiger partial charge in [-0.05, 0) is 13.0 Å². The SMILES string of the molecule is CNCC(F)(F)CC(C)C. The summed E-state index contributed by atoms with van der Waals surface area (Å²) in [5.74, 6) is -2.48. The summed E-state index contributed by atoms with van der Waals surface area (Å²) in [6.07, 6.45) is -0.0339. The van der Waals surface area contributed by atoms with E-state index in [0.717, 1.165) is 0 Å². The zero-order valence-electron chi connectivity index (χ0n) is 6.75. The molecule has 0 radical (unpaired) electrons. The van der Waals surface area contributed by atoms with Gasteiger partial charge in [-0.25, -0.2) is 8.78 Å². The van der Waals surface area contributed by atoms with Gasteiger partial charge in [0.1, 0.15) is 0 Å². The van der Waals surface area contributed by atoms with Gasteiger partial charge in [-0.3, -0.25) is 0 Å². The number of rotatable bonds is 4. The van der Waals surface area contributed by atoms with E-state index in [1.165, 1.54) is 7.05 Å². The lowest BCUT2D eigenvalue weighted by Gasteiger charge is -2.17. The van der Waals surface area contributed by atoms with Crippen molar-refractivity contribution in [3.8, 4) is 0 Å². The van der Waals surface area contributed by atoms with E-state index in [0.29, 0.717) is 0 Å². The molecular formula is C7H15F2N. The number of nitrogens with one attached hydrogen (secondary N) is 1. The Balaban J connectivity index is 3.63. The first-order valence-corrected chi connectivity index (χ1v) is 3.50. The van der Waals surface area contributed by atoms with Crippen molar-refractivity contribution in [3.63, 3.8) is 0 Å². The van der Waals surface area contributed by atoms with Crippen LogP contribution in [-0.4, -0.2) is 19.5 Å². The molecule has 0 saturated carbocycles. The van der Waals surface area contributed by atoms with E-state index >= 15 is 0 Å². The number of hydrogen-bond donors (Lipinski definition) is 1. The van der Waals surface area contributed by atoms with Crippen LogP contribution in [0, 0.1) is 5.92 Å². The molecule has 62 valence electrons. The smallest absolute Gasteiger partial charge is 0.260 e. The Morgan fingerprint density at radius 2 is 1.90 bits per heavy atom. The molecule has 0 aromatic carbocycles. The van der Waals surface area contributed by atoms with Gasteiger partial charge in [0.2, 0.25) is 0 Å². The maximum absolute atomic E-state index is 12.6. The molecule has 0 saturated heterocycles. The van der Waals surface area contributed by atoms with E-state index in [9.17, 15) is 8.78 Å². The molecule has 0 aromatic rings. The molecule has 3 heteroatoms. The summed E-state index contributed by atoms with van der Waals surface area (Å²) in [5, 5.41) is 2.46. The van der Waals surface area contributed by atoms with Crippen LogP contribution in [0.5, 0.6) is 0 Å². The molecule has 0 fully saturated rings. The van der Waals surface area contributed by atoms with Gasteiger partial charge in [0, 0.05) is 6.42 Å². The average molecular weight is 151 g/mol. The molecule has 0 aromatic heterocycles. The predicted octanol–water partition coefficient (Wildman–Crippen LogP) is 1.89. The van der Waals surface area contributed by atoms with Crippen molar-refractivity contribution < 1.29 is 8.78 Å². The van der Waals surface area contributed by atoms with Crippen LogP contribution in [0.3, 0.4) is 0 Å². The first kappa shape index (κ1) is 9.82. The summed E-state index contributed by atoms with van der Waals surface area (Å²) < 4.78 is 25.2. The molecule has 1 N–H and O–H groups in total. The minimum absolute atomic E-state index is 0.0339.